The third kappa shape index (κ3) is 6.34. The Morgan fingerprint density at radius 3 is 2.41 bits per heavy atom. The number of rotatable bonds is 7. The van der Waals surface area contributed by atoms with Crippen molar-refractivity contribution in [3.05, 3.63) is 80.2 Å². The zero-order chi connectivity index (χ0) is 24.1. The molecule has 170 valence electrons. The van der Waals surface area contributed by atoms with Crippen LogP contribution in [0.25, 0.3) is 0 Å². The van der Waals surface area contributed by atoms with Crippen LogP contribution in [0.2, 0.25) is 0 Å². The minimum atomic E-state index is -5.00. The van der Waals surface area contributed by atoms with Gasteiger partial charge in [-0.3, -0.25) is 4.57 Å². The maximum atomic E-state index is 13.2. The molecular formula is C21H20F4N4O3. The number of benzene rings is 1. The first-order valence-electron chi connectivity index (χ1n) is 9.30. The first-order valence-corrected chi connectivity index (χ1v) is 9.30. The van der Waals surface area contributed by atoms with Crippen LogP contribution >= 0.6 is 0 Å². The Balaban J connectivity index is 2.56. The molecule has 1 heterocycles. The predicted molar refractivity (Wildman–Crippen MR) is 110 cm³/mol. The summed E-state index contributed by atoms with van der Waals surface area (Å²) in [6, 6.07) is 4.78. The number of nitrogens with zero attached hydrogens (tertiary/aromatic N) is 3. The molecule has 0 bridgehead atoms. The topological polar surface area (TPSA) is 78.2 Å². The van der Waals surface area contributed by atoms with Crippen LogP contribution < -0.4 is 16.7 Å². The molecule has 0 spiro atoms. The minimum absolute atomic E-state index is 0.0105. The lowest BCUT2D eigenvalue weighted by Crippen LogP contribution is -2.43. The number of hydrogen-bond donors (Lipinski definition) is 1. The van der Waals surface area contributed by atoms with Crippen molar-refractivity contribution >= 4 is 5.95 Å². The molecule has 0 unspecified atom stereocenters. The van der Waals surface area contributed by atoms with E-state index < -0.39 is 35.4 Å². The van der Waals surface area contributed by atoms with E-state index in [2.05, 4.69) is 15.0 Å². The molecule has 0 saturated heterocycles. The molecule has 11 heteroatoms. The molecule has 1 N–H and O–H groups in total. The molecule has 7 nitrogen and oxygen atoms in total. The van der Waals surface area contributed by atoms with Gasteiger partial charge >= 0.3 is 17.7 Å². The van der Waals surface area contributed by atoms with E-state index in [9.17, 15) is 27.2 Å². The molecule has 1 aromatic heterocycles. The van der Waals surface area contributed by atoms with Crippen molar-refractivity contribution in [3.8, 4) is 12.3 Å². The van der Waals surface area contributed by atoms with Crippen LogP contribution in [0, 0.1) is 18.2 Å². The van der Waals surface area contributed by atoms with Crippen molar-refractivity contribution in [2.75, 3.05) is 5.32 Å². The van der Waals surface area contributed by atoms with E-state index in [0.29, 0.717) is 5.56 Å². The van der Waals surface area contributed by atoms with Crippen molar-refractivity contribution in [3.63, 3.8) is 0 Å². The van der Waals surface area contributed by atoms with Gasteiger partial charge in [0.05, 0.1) is 6.54 Å². The number of anilines is 1. The number of allylic oxidation sites excluding steroid dienone is 3. The number of hydrogen-bond acceptors (Lipinski definition) is 5. The largest absolute Gasteiger partial charge is 0.573 e. The molecule has 0 fully saturated rings. The second-order valence-electron chi connectivity index (χ2n) is 6.75. The first kappa shape index (κ1) is 24.5. The smallest absolute Gasteiger partial charge is 0.397 e. The highest BCUT2D eigenvalue weighted by atomic mass is 19.4. The Hall–Kier alpha value is -3.81. The Morgan fingerprint density at radius 1 is 1.28 bits per heavy atom. The maximum Gasteiger partial charge on any atom is 0.573 e. The number of nitrogens with one attached hydrogen (secondary N) is 1. The highest BCUT2D eigenvalue weighted by Gasteiger charge is 2.31. The van der Waals surface area contributed by atoms with Gasteiger partial charge in [-0.25, -0.2) is 18.5 Å². The van der Waals surface area contributed by atoms with E-state index in [1.165, 1.54) is 37.3 Å². The molecular weight excluding hydrogens is 432 g/mol. The van der Waals surface area contributed by atoms with E-state index in [-0.39, 0.29) is 18.2 Å². The summed E-state index contributed by atoms with van der Waals surface area (Å²) >= 11 is 0. The lowest BCUT2D eigenvalue weighted by Gasteiger charge is -2.17. The Kier molecular flexibility index (Phi) is 7.64. The second kappa shape index (κ2) is 10.00. The Bertz CT molecular complexity index is 1180. The first-order chi connectivity index (χ1) is 14.9. The minimum Gasteiger partial charge on any atom is -0.397 e. The average Bonchev–Trinajstić information content (AvgIpc) is 2.69. The summed E-state index contributed by atoms with van der Waals surface area (Å²) in [5, 5.41) is 2.63. The van der Waals surface area contributed by atoms with Gasteiger partial charge in [0.2, 0.25) is 5.95 Å². The lowest BCUT2D eigenvalue weighted by molar-refractivity contribution is -0.302. The standard InChI is InChI=1S/C21H20F4N4O3/c1-5-16(11-17(6-2)32-21(23,24)25)26-18-27-19(30)29(13(3)4)20(31)28(18)12-14-7-9-15(22)10-8-14/h2,5,7-11,13H,12H2,1,3-4H3,(H,26,27,30)/b16-5+,17-11+. The number of ether oxygens (including phenoxy) is 1. The van der Waals surface area contributed by atoms with E-state index >= 15 is 0 Å². The van der Waals surface area contributed by atoms with Crippen molar-refractivity contribution in [2.45, 2.75) is 39.7 Å². The highest BCUT2D eigenvalue weighted by Crippen LogP contribution is 2.21. The van der Waals surface area contributed by atoms with Gasteiger partial charge in [-0.15, -0.1) is 19.6 Å². The van der Waals surface area contributed by atoms with Crippen LogP contribution in [0.15, 0.2) is 57.5 Å². The van der Waals surface area contributed by atoms with Crippen LogP contribution in [0.5, 0.6) is 0 Å². The normalized spacial score (nSPS) is 12.6. The number of halogens is 4. The van der Waals surface area contributed by atoms with Crippen LogP contribution in [0.1, 0.15) is 32.4 Å². The predicted octanol–water partition coefficient (Wildman–Crippen LogP) is 3.54. The monoisotopic (exact) mass is 452 g/mol. The number of aromatic nitrogens is 3. The van der Waals surface area contributed by atoms with Gasteiger partial charge in [0.15, 0.2) is 5.76 Å². The van der Waals surface area contributed by atoms with E-state index in [1.807, 2.05) is 0 Å². The summed E-state index contributed by atoms with van der Waals surface area (Å²) < 4.78 is 56.5. The molecule has 0 aliphatic rings. The molecule has 0 aliphatic heterocycles. The summed E-state index contributed by atoms with van der Waals surface area (Å²) in [5.41, 5.74) is -1.06. The number of alkyl halides is 3. The molecule has 0 radical (unpaired) electrons. The van der Waals surface area contributed by atoms with Crippen molar-refractivity contribution in [2.24, 2.45) is 0 Å². The molecule has 2 aromatic rings. The summed E-state index contributed by atoms with van der Waals surface area (Å²) in [6.07, 6.45) is 2.28. The number of terminal acetylenes is 1. The van der Waals surface area contributed by atoms with E-state index in [4.69, 9.17) is 6.42 Å². The average molecular weight is 452 g/mol. The van der Waals surface area contributed by atoms with Crippen LogP contribution in [0.3, 0.4) is 0 Å². The van der Waals surface area contributed by atoms with Crippen LogP contribution in [0.4, 0.5) is 23.5 Å². The summed E-state index contributed by atoms with van der Waals surface area (Å²) in [6.45, 7) is 4.63. The zero-order valence-electron chi connectivity index (χ0n) is 17.4. The van der Waals surface area contributed by atoms with Crippen molar-refractivity contribution in [1.29, 1.82) is 0 Å². The fraction of sp³-hybridized carbons (Fsp3) is 0.286. The Morgan fingerprint density at radius 2 is 1.91 bits per heavy atom. The van der Waals surface area contributed by atoms with Gasteiger partial charge in [0, 0.05) is 17.8 Å². The van der Waals surface area contributed by atoms with E-state index in [0.717, 1.165) is 15.2 Å². The lowest BCUT2D eigenvalue weighted by atomic mass is 10.2. The van der Waals surface area contributed by atoms with Gasteiger partial charge in [0.1, 0.15) is 5.82 Å². The molecule has 0 saturated carbocycles. The van der Waals surface area contributed by atoms with Crippen molar-refractivity contribution < 1.29 is 22.3 Å². The van der Waals surface area contributed by atoms with Crippen molar-refractivity contribution in [1.82, 2.24) is 14.1 Å². The molecule has 0 amide bonds. The summed E-state index contributed by atoms with van der Waals surface area (Å²) in [4.78, 5) is 29.3. The molecule has 0 aliphatic carbocycles. The molecule has 1 aromatic carbocycles. The maximum absolute atomic E-state index is 13.2. The van der Waals surface area contributed by atoms with Gasteiger partial charge in [-0.05, 0) is 44.4 Å². The SMILES string of the molecule is C#C/C(=C\C(=C/C)Nc1nc(=O)n(C(C)C)c(=O)n1Cc1ccc(F)cc1)OC(F)(F)F. The second-order valence-corrected chi connectivity index (χ2v) is 6.75. The zero-order valence-corrected chi connectivity index (χ0v) is 17.4. The third-order valence-electron chi connectivity index (χ3n) is 4.09. The van der Waals surface area contributed by atoms with Gasteiger partial charge in [-0.1, -0.05) is 18.2 Å². The Labute approximate surface area is 180 Å². The quantitative estimate of drug-likeness (QED) is 0.301. The summed E-state index contributed by atoms with van der Waals surface area (Å²) in [7, 11) is 0. The molecule has 2 rings (SSSR count). The van der Waals surface area contributed by atoms with E-state index in [1.54, 1.807) is 19.8 Å². The summed E-state index contributed by atoms with van der Waals surface area (Å²) in [5.74, 6) is 0.201. The fourth-order valence-corrected chi connectivity index (χ4v) is 2.65. The third-order valence-corrected chi connectivity index (χ3v) is 4.09. The van der Waals surface area contributed by atoms with Crippen LogP contribution in [-0.4, -0.2) is 20.5 Å². The van der Waals surface area contributed by atoms with Gasteiger partial charge < -0.3 is 10.1 Å². The van der Waals surface area contributed by atoms with Gasteiger partial charge in [0.25, 0.3) is 0 Å². The molecule has 32 heavy (non-hydrogen) atoms. The molecule has 0 atom stereocenters. The fourth-order valence-electron chi connectivity index (χ4n) is 2.65. The van der Waals surface area contributed by atoms with Gasteiger partial charge in [-0.2, -0.15) is 4.98 Å². The van der Waals surface area contributed by atoms with Crippen LogP contribution in [-0.2, 0) is 11.3 Å². The highest BCUT2D eigenvalue weighted by molar-refractivity contribution is 5.43.